The third-order valence-corrected chi connectivity index (χ3v) is 5.43. The van der Waals surface area contributed by atoms with E-state index in [9.17, 15) is 5.11 Å². The third kappa shape index (κ3) is 3.47. The van der Waals surface area contributed by atoms with E-state index in [1.165, 1.54) is 12.8 Å². The van der Waals surface area contributed by atoms with Gasteiger partial charge < -0.3 is 14.4 Å². The van der Waals surface area contributed by atoms with E-state index in [0.29, 0.717) is 6.54 Å². The number of rotatable bonds is 5. The first-order valence-corrected chi connectivity index (χ1v) is 9.89. The van der Waals surface area contributed by atoms with Crippen LogP contribution in [0.3, 0.4) is 0 Å². The summed E-state index contributed by atoms with van der Waals surface area (Å²) in [6, 6.07) is 5.95. The lowest BCUT2D eigenvalue weighted by Crippen LogP contribution is -2.17. The smallest absolute Gasteiger partial charge is 0.137 e. The van der Waals surface area contributed by atoms with Gasteiger partial charge in [0.25, 0.3) is 0 Å². The topological polar surface area (TPSA) is 84.4 Å². The number of hydrogen-bond donors (Lipinski definition) is 1. The fraction of sp³-hybridized carbons (Fsp3) is 0.333. The van der Waals surface area contributed by atoms with E-state index in [4.69, 9.17) is 0 Å². The predicted molar refractivity (Wildman–Crippen MR) is 110 cm³/mol. The van der Waals surface area contributed by atoms with Crippen LogP contribution in [0, 0.1) is 6.92 Å². The van der Waals surface area contributed by atoms with E-state index < -0.39 is 0 Å². The summed E-state index contributed by atoms with van der Waals surface area (Å²) in [4.78, 5) is 11.6. The van der Waals surface area contributed by atoms with Crippen LogP contribution >= 0.6 is 0 Å². The molecule has 5 heterocycles. The average molecular weight is 389 g/mol. The van der Waals surface area contributed by atoms with Gasteiger partial charge in [0.05, 0.1) is 36.9 Å². The fourth-order valence-electron chi connectivity index (χ4n) is 3.85. The maximum absolute atomic E-state index is 9.30. The molecule has 0 spiro atoms. The van der Waals surface area contributed by atoms with Crippen molar-refractivity contribution >= 4 is 11.3 Å². The highest BCUT2D eigenvalue weighted by Crippen LogP contribution is 2.27. The molecular weight excluding hydrogens is 366 g/mol. The van der Waals surface area contributed by atoms with E-state index in [1.807, 2.05) is 48.2 Å². The second kappa shape index (κ2) is 7.29. The molecule has 148 valence electrons. The largest absolute Gasteiger partial charge is 0.392 e. The molecule has 4 aromatic rings. The van der Waals surface area contributed by atoms with Crippen LogP contribution in [0.4, 0.5) is 5.69 Å². The maximum atomic E-state index is 9.30. The van der Waals surface area contributed by atoms with Crippen LogP contribution < -0.4 is 4.90 Å². The number of imidazole rings is 1. The van der Waals surface area contributed by atoms with Crippen LogP contribution in [0.2, 0.25) is 0 Å². The Labute approximate surface area is 168 Å². The second-order valence-corrected chi connectivity index (χ2v) is 7.52. The summed E-state index contributed by atoms with van der Waals surface area (Å²) in [7, 11) is 0. The highest BCUT2D eigenvalue weighted by Gasteiger charge is 2.16. The molecule has 1 N–H and O–H groups in total. The number of aliphatic hydroxyl groups excluding tert-OH is 1. The summed E-state index contributed by atoms with van der Waals surface area (Å²) in [6.45, 7) is 4.72. The standard InChI is InChI=1S/C21H23N7O/c1-15-19(8-18(9-22-15)26-6-2-3-7-26)20-13-28(25-24-20)12-17-11-27-10-16(14-29)4-5-21(27)23-17/h4-5,8-11,13,29H,2-3,6-7,12,14H2,1H3. The third-order valence-electron chi connectivity index (χ3n) is 5.43. The molecule has 1 aliphatic heterocycles. The summed E-state index contributed by atoms with van der Waals surface area (Å²) in [5.41, 5.74) is 6.52. The number of anilines is 1. The lowest BCUT2D eigenvalue weighted by atomic mass is 10.1. The summed E-state index contributed by atoms with van der Waals surface area (Å²) >= 11 is 0. The van der Waals surface area contributed by atoms with Crippen LogP contribution in [0.5, 0.6) is 0 Å². The minimum absolute atomic E-state index is 0.0137. The van der Waals surface area contributed by atoms with Gasteiger partial charge in [-0.2, -0.15) is 0 Å². The zero-order chi connectivity index (χ0) is 19.8. The Balaban J connectivity index is 1.40. The van der Waals surface area contributed by atoms with Crippen LogP contribution in [0.25, 0.3) is 16.9 Å². The molecule has 0 bridgehead atoms. The van der Waals surface area contributed by atoms with Gasteiger partial charge >= 0.3 is 0 Å². The van der Waals surface area contributed by atoms with Crippen molar-refractivity contribution in [2.45, 2.75) is 32.9 Å². The molecule has 0 aromatic carbocycles. The lowest BCUT2D eigenvalue weighted by Gasteiger charge is -2.18. The molecular formula is C21H23N7O. The lowest BCUT2D eigenvalue weighted by molar-refractivity contribution is 0.281. The Hall–Kier alpha value is -3.26. The van der Waals surface area contributed by atoms with Crippen LogP contribution in [-0.4, -0.2) is 47.6 Å². The molecule has 1 aliphatic rings. The number of aliphatic hydroxyl groups is 1. The van der Waals surface area contributed by atoms with Crippen molar-refractivity contribution in [1.82, 2.24) is 29.4 Å². The fourth-order valence-corrected chi connectivity index (χ4v) is 3.85. The van der Waals surface area contributed by atoms with Crippen LogP contribution in [0.1, 0.15) is 29.8 Å². The first kappa shape index (κ1) is 17.8. The number of fused-ring (bicyclic) bond motifs is 1. The molecule has 5 rings (SSSR count). The van der Waals surface area contributed by atoms with Gasteiger partial charge in [-0.1, -0.05) is 11.3 Å². The molecule has 29 heavy (non-hydrogen) atoms. The predicted octanol–water partition coefficient (Wildman–Crippen LogP) is 2.44. The van der Waals surface area contributed by atoms with E-state index in [-0.39, 0.29) is 6.61 Å². The minimum atomic E-state index is 0.0137. The second-order valence-electron chi connectivity index (χ2n) is 7.52. The molecule has 0 radical (unpaired) electrons. The molecule has 8 heteroatoms. The van der Waals surface area contributed by atoms with E-state index in [1.54, 1.807) is 4.68 Å². The van der Waals surface area contributed by atoms with E-state index in [2.05, 4.69) is 31.2 Å². The van der Waals surface area contributed by atoms with Crippen molar-refractivity contribution in [3.05, 3.63) is 59.9 Å². The Bertz CT molecular complexity index is 1160. The number of aromatic nitrogens is 6. The Morgan fingerprint density at radius 2 is 1.97 bits per heavy atom. The minimum Gasteiger partial charge on any atom is -0.392 e. The van der Waals surface area contributed by atoms with Gasteiger partial charge in [-0.05, 0) is 37.5 Å². The number of pyridine rings is 2. The summed E-state index contributed by atoms with van der Waals surface area (Å²) < 4.78 is 3.72. The van der Waals surface area contributed by atoms with Gasteiger partial charge in [-0.3, -0.25) is 4.98 Å². The number of hydrogen-bond acceptors (Lipinski definition) is 6. The quantitative estimate of drug-likeness (QED) is 0.564. The van der Waals surface area contributed by atoms with Crippen LogP contribution in [0.15, 0.2) is 43.0 Å². The Morgan fingerprint density at radius 3 is 2.79 bits per heavy atom. The van der Waals surface area contributed by atoms with E-state index >= 15 is 0 Å². The number of aryl methyl sites for hydroxylation is 1. The monoisotopic (exact) mass is 389 g/mol. The van der Waals surface area contributed by atoms with Crippen molar-refractivity contribution in [2.24, 2.45) is 0 Å². The Morgan fingerprint density at radius 1 is 1.10 bits per heavy atom. The highest BCUT2D eigenvalue weighted by atomic mass is 16.3. The van der Waals surface area contributed by atoms with Crippen LogP contribution in [-0.2, 0) is 13.2 Å². The van der Waals surface area contributed by atoms with Gasteiger partial charge in [-0.15, -0.1) is 5.10 Å². The van der Waals surface area contributed by atoms with Gasteiger partial charge in [-0.25, -0.2) is 9.67 Å². The molecule has 8 nitrogen and oxygen atoms in total. The van der Waals surface area contributed by atoms with Gasteiger partial charge in [0.15, 0.2) is 0 Å². The molecule has 0 saturated carbocycles. The normalized spacial score (nSPS) is 14.2. The molecule has 0 unspecified atom stereocenters. The Kier molecular flexibility index (Phi) is 4.48. The molecule has 0 amide bonds. The summed E-state index contributed by atoms with van der Waals surface area (Å²) in [5.74, 6) is 0. The SMILES string of the molecule is Cc1ncc(N2CCCC2)cc1-c1cn(Cc2cn3cc(CO)ccc3n2)nn1. The zero-order valence-corrected chi connectivity index (χ0v) is 16.4. The molecule has 1 saturated heterocycles. The van der Waals surface area contributed by atoms with Crippen molar-refractivity contribution in [3.8, 4) is 11.3 Å². The molecule has 0 atom stereocenters. The highest BCUT2D eigenvalue weighted by molar-refractivity contribution is 5.66. The first-order valence-electron chi connectivity index (χ1n) is 9.89. The first-order chi connectivity index (χ1) is 14.2. The summed E-state index contributed by atoms with van der Waals surface area (Å²) in [5, 5.41) is 18.0. The molecule has 4 aromatic heterocycles. The van der Waals surface area contributed by atoms with Gasteiger partial charge in [0.1, 0.15) is 11.3 Å². The van der Waals surface area contributed by atoms with E-state index in [0.717, 1.165) is 52.6 Å². The van der Waals surface area contributed by atoms with Crippen molar-refractivity contribution in [2.75, 3.05) is 18.0 Å². The van der Waals surface area contributed by atoms with Crippen molar-refractivity contribution in [1.29, 1.82) is 0 Å². The van der Waals surface area contributed by atoms with Gasteiger partial charge in [0.2, 0.25) is 0 Å². The molecule has 1 fully saturated rings. The number of nitrogens with zero attached hydrogens (tertiary/aromatic N) is 7. The van der Waals surface area contributed by atoms with Crippen molar-refractivity contribution in [3.63, 3.8) is 0 Å². The molecule has 0 aliphatic carbocycles. The maximum Gasteiger partial charge on any atom is 0.137 e. The van der Waals surface area contributed by atoms with Crippen molar-refractivity contribution < 1.29 is 5.11 Å². The van der Waals surface area contributed by atoms with Gasteiger partial charge in [0, 0.05) is 36.7 Å². The average Bonchev–Trinajstić information content (AvgIpc) is 3.48. The zero-order valence-electron chi connectivity index (χ0n) is 16.4. The summed E-state index contributed by atoms with van der Waals surface area (Å²) in [6.07, 6.45) is 10.2.